The smallest absolute Gasteiger partial charge is 0.335 e. The summed E-state index contributed by atoms with van der Waals surface area (Å²) in [6.07, 6.45) is 1.66. The summed E-state index contributed by atoms with van der Waals surface area (Å²) in [4.78, 5) is 34.0. The van der Waals surface area contributed by atoms with Crippen molar-refractivity contribution < 1.29 is 39.2 Å². The number of carboxylic acid groups (broad SMARTS) is 2. The molecule has 0 bridgehead atoms. The van der Waals surface area contributed by atoms with Crippen LogP contribution in [0.15, 0.2) is 36.4 Å². The van der Waals surface area contributed by atoms with Crippen molar-refractivity contribution >= 4 is 18.3 Å². The quantitative estimate of drug-likeness (QED) is 0.594. The number of carbonyl (C=O) groups excluding carboxylic acids is 1. The molecule has 1 aliphatic rings. The standard InChI is InChI=1S/C21H23NO6.CH2O2/c1-27-17-10-16(11-18(28-2)19(17)23)20(24)22-8-7-14(12-22)9-13-3-5-15(6-4-13)21(25)26;2-1-3/h3-6,10-11,14,23H,7-9,12H2,1-2H3,(H,25,26);1H,(H,2,3). The molecule has 1 fully saturated rings. The lowest BCUT2D eigenvalue weighted by atomic mass is 9.98. The average Bonchev–Trinajstić information content (AvgIpc) is 3.22. The molecule has 9 heteroatoms. The number of hydrogen-bond acceptors (Lipinski definition) is 6. The largest absolute Gasteiger partial charge is 0.502 e. The molecule has 1 unspecified atom stereocenters. The van der Waals surface area contributed by atoms with E-state index in [0.717, 1.165) is 18.4 Å². The van der Waals surface area contributed by atoms with Gasteiger partial charge < -0.3 is 29.7 Å². The summed E-state index contributed by atoms with van der Waals surface area (Å²) in [7, 11) is 2.84. The Hall–Kier alpha value is -3.75. The Morgan fingerprint density at radius 1 is 1.10 bits per heavy atom. The molecule has 31 heavy (non-hydrogen) atoms. The molecule has 0 saturated carbocycles. The Balaban J connectivity index is 0.00000107. The number of nitrogens with zero attached hydrogens (tertiary/aromatic N) is 1. The first-order valence-electron chi connectivity index (χ1n) is 9.48. The van der Waals surface area contributed by atoms with E-state index < -0.39 is 5.97 Å². The number of phenolic OH excluding ortho intramolecular Hbond substituents is 1. The van der Waals surface area contributed by atoms with Gasteiger partial charge >= 0.3 is 5.97 Å². The topological polar surface area (TPSA) is 134 Å². The predicted octanol–water partition coefficient (Wildman–Crippen LogP) is 2.51. The van der Waals surface area contributed by atoms with Crippen molar-refractivity contribution in [2.45, 2.75) is 12.8 Å². The molecule has 2 aromatic rings. The molecule has 3 N–H and O–H groups in total. The molecule has 3 rings (SSSR count). The molecule has 0 aromatic heterocycles. The molecule has 1 aliphatic heterocycles. The van der Waals surface area contributed by atoms with Gasteiger partial charge in [0.1, 0.15) is 0 Å². The number of methoxy groups -OCH3 is 2. The number of carbonyl (C=O) groups is 3. The highest BCUT2D eigenvalue weighted by atomic mass is 16.5. The third kappa shape index (κ3) is 5.88. The molecule has 1 atom stereocenters. The molecule has 0 radical (unpaired) electrons. The first-order chi connectivity index (χ1) is 14.8. The molecule has 0 spiro atoms. The van der Waals surface area contributed by atoms with Crippen LogP contribution in [-0.2, 0) is 11.2 Å². The van der Waals surface area contributed by atoms with Crippen LogP contribution < -0.4 is 9.47 Å². The van der Waals surface area contributed by atoms with E-state index in [0.29, 0.717) is 24.6 Å². The number of aromatic carboxylic acids is 1. The Bertz CT molecular complexity index is 901. The summed E-state index contributed by atoms with van der Waals surface area (Å²) < 4.78 is 10.2. The number of amides is 1. The van der Waals surface area contributed by atoms with Crippen LogP contribution in [0.5, 0.6) is 17.2 Å². The van der Waals surface area contributed by atoms with Gasteiger partial charge in [0.2, 0.25) is 5.75 Å². The van der Waals surface area contributed by atoms with E-state index in [9.17, 15) is 14.7 Å². The third-order valence-corrected chi connectivity index (χ3v) is 5.03. The van der Waals surface area contributed by atoms with Crippen molar-refractivity contribution in [3.8, 4) is 17.2 Å². The van der Waals surface area contributed by atoms with E-state index in [1.165, 1.54) is 26.4 Å². The van der Waals surface area contributed by atoms with Crippen molar-refractivity contribution in [3.63, 3.8) is 0 Å². The molecule has 2 aromatic carbocycles. The fraction of sp³-hybridized carbons (Fsp3) is 0.318. The van der Waals surface area contributed by atoms with Crippen molar-refractivity contribution in [2.75, 3.05) is 27.3 Å². The van der Waals surface area contributed by atoms with E-state index in [2.05, 4.69) is 0 Å². The molecule has 9 nitrogen and oxygen atoms in total. The van der Waals surface area contributed by atoms with Gasteiger partial charge in [-0.1, -0.05) is 12.1 Å². The van der Waals surface area contributed by atoms with Gasteiger partial charge in [-0.25, -0.2) is 4.79 Å². The molecule has 0 aliphatic carbocycles. The van der Waals surface area contributed by atoms with E-state index in [1.54, 1.807) is 17.0 Å². The SMILES string of the molecule is COc1cc(C(=O)N2CCC(Cc3ccc(C(=O)O)cc3)C2)cc(OC)c1O.O=CO. The number of hydrogen-bond donors (Lipinski definition) is 3. The van der Waals surface area contributed by atoms with Crippen LogP contribution in [0.2, 0.25) is 0 Å². The highest BCUT2D eigenvalue weighted by Crippen LogP contribution is 2.37. The predicted molar refractivity (Wildman–Crippen MR) is 111 cm³/mol. The lowest BCUT2D eigenvalue weighted by Crippen LogP contribution is -2.29. The molecule has 1 heterocycles. The summed E-state index contributed by atoms with van der Waals surface area (Å²) in [6, 6.07) is 9.87. The zero-order valence-electron chi connectivity index (χ0n) is 17.3. The highest BCUT2D eigenvalue weighted by Gasteiger charge is 2.28. The average molecular weight is 431 g/mol. The number of aromatic hydroxyl groups is 1. The maximum atomic E-state index is 12.9. The number of ether oxygens (including phenoxy) is 2. The summed E-state index contributed by atoms with van der Waals surface area (Å²) >= 11 is 0. The summed E-state index contributed by atoms with van der Waals surface area (Å²) in [5.41, 5.74) is 1.72. The maximum absolute atomic E-state index is 12.9. The minimum Gasteiger partial charge on any atom is -0.502 e. The van der Waals surface area contributed by atoms with Crippen molar-refractivity contribution in [3.05, 3.63) is 53.1 Å². The van der Waals surface area contributed by atoms with Crippen LogP contribution >= 0.6 is 0 Å². The number of phenols is 1. The molecular formula is C22H25NO8. The van der Waals surface area contributed by atoms with Crippen LogP contribution in [0.25, 0.3) is 0 Å². The zero-order valence-corrected chi connectivity index (χ0v) is 17.3. The van der Waals surface area contributed by atoms with Gasteiger partial charge in [0.05, 0.1) is 19.8 Å². The second-order valence-electron chi connectivity index (χ2n) is 6.95. The Morgan fingerprint density at radius 2 is 1.65 bits per heavy atom. The molecular weight excluding hydrogens is 406 g/mol. The number of carboxylic acids is 1. The van der Waals surface area contributed by atoms with E-state index in [4.69, 9.17) is 24.5 Å². The Morgan fingerprint density at radius 3 is 2.13 bits per heavy atom. The lowest BCUT2D eigenvalue weighted by molar-refractivity contribution is -0.122. The fourth-order valence-electron chi connectivity index (χ4n) is 3.50. The first kappa shape index (κ1) is 23.5. The molecule has 1 amide bonds. The number of benzene rings is 2. The summed E-state index contributed by atoms with van der Waals surface area (Å²) in [5, 5.41) is 25.9. The fourth-order valence-corrected chi connectivity index (χ4v) is 3.50. The minimum absolute atomic E-state index is 0.134. The van der Waals surface area contributed by atoms with Crippen LogP contribution in [-0.4, -0.2) is 65.9 Å². The van der Waals surface area contributed by atoms with Crippen molar-refractivity contribution in [2.24, 2.45) is 5.92 Å². The number of rotatable bonds is 6. The van der Waals surface area contributed by atoms with E-state index >= 15 is 0 Å². The number of likely N-dealkylation sites (tertiary alicyclic amines) is 1. The zero-order chi connectivity index (χ0) is 23.0. The van der Waals surface area contributed by atoms with Crippen LogP contribution in [0.4, 0.5) is 0 Å². The summed E-state index contributed by atoms with van der Waals surface area (Å²) in [5.74, 6) is -0.524. The molecule has 1 saturated heterocycles. The molecule has 166 valence electrons. The van der Waals surface area contributed by atoms with Crippen LogP contribution in [0.3, 0.4) is 0 Å². The summed E-state index contributed by atoms with van der Waals surface area (Å²) in [6.45, 7) is 1.01. The second-order valence-corrected chi connectivity index (χ2v) is 6.95. The first-order valence-corrected chi connectivity index (χ1v) is 9.48. The van der Waals surface area contributed by atoms with Gasteiger partial charge in [0, 0.05) is 18.7 Å². The van der Waals surface area contributed by atoms with Crippen LogP contribution in [0.1, 0.15) is 32.7 Å². The third-order valence-electron chi connectivity index (χ3n) is 5.03. The van der Waals surface area contributed by atoms with E-state index in [-0.39, 0.29) is 35.2 Å². The van der Waals surface area contributed by atoms with Gasteiger partial charge in [0.25, 0.3) is 12.4 Å². The van der Waals surface area contributed by atoms with Crippen molar-refractivity contribution in [1.29, 1.82) is 0 Å². The van der Waals surface area contributed by atoms with Crippen LogP contribution in [0, 0.1) is 5.92 Å². The second kappa shape index (κ2) is 10.9. The Labute approximate surface area is 179 Å². The lowest BCUT2D eigenvalue weighted by Gasteiger charge is -2.18. The minimum atomic E-state index is -0.941. The van der Waals surface area contributed by atoms with Gasteiger partial charge in [-0.2, -0.15) is 0 Å². The normalized spacial score (nSPS) is 14.9. The maximum Gasteiger partial charge on any atom is 0.335 e. The van der Waals surface area contributed by atoms with E-state index in [1.807, 2.05) is 12.1 Å². The van der Waals surface area contributed by atoms with Gasteiger partial charge in [0.15, 0.2) is 11.5 Å². The van der Waals surface area contributed by atoms with Crippen molar-refractivity contribution in [1.82, 2.24) is 4.90 Å². The highest BCUT2D eigenvalue weighted by molar-refractivity contribution is 5.95. The monoisotopic (exact) mass is 431 g/mol. The Kier molecular flexibility index (Phi) is 8.25. The van der Waals surface area contributed by atoms with Gasteiger partial charge in [-0.3, -0.25) is 9.59 Å². The van der Waals surface area contributed by atoms with Gasteiger partial charge in [-0.15, -0.1) is 0 Å². The van der Waals surface area contributed by atoms with Gasteiger partial charge in [-0.05, 0) is 48.6 Å².